The number of hydrogen-bond acceptors (Lipinski definition) is 3. The SMILES string of the molecule is CO[C@@](C)(CNS(=O)(=O)Cc1ccc(C(F)(F)F)cc1)c1ccccc1F. The average molecular weight is 405 g/mol. The second-order valence-corrected chi connectivity index (χ2v) is 8.00. The normalized spacial score (nSPS) is 14.7. The molecule has 2 rings (SSSR count). The van der Waals surface area contributed by atoms with E-state index in [9.17, 15) is 26.0 Å². The van der Waals surface area contributed by atoms with Gasteiger partial charge in [-0.25, -0.2) is 17.5 Å². The highest BCUT2D eigenvalue weighted by molar-refractivity contribution is 7.88. The summed E-state index contributed by atoms with van der Waals surface area (Å²) in [4.78, 5) is 0. The Morgan fingerprint density at radius 3 is 2.15 bits per heavy atom. The quantitative estimate of drug-likeness (QED) is 0.713. The number of alkyl halides is 3. The first-order chi connectivity index (χ1) is 12.5. The molecule has 0 spiro atoms. The molecule has 0 fully saturated rings. The van der Waals surface area contributed by atoms with E-state index in [1.54, 1.807) is 6.07 Å². The summed E-state index contributed by atoms with van der Waals surface area (Å²) in [5, 5.41) is 0. The minimum absolute atomic E-state index is 0.185. The van der Waals surface area contributed by atoms with Crippen LogP contribution in [0.4, 0.5) is 17.6 Å². The van der Waals surface area contributed by atoms with E-state index in [0.29, 0.717) is 0 Å². The van der Waals surface area contributed by atoms with Crippen molar-refractivity contribution >= 4 is 10.0 Å². The third-order valence-electron chi connectivity index (χ3n) is 4.16. The molecule has 0 saturated carbocycles. The van der Waals surface area contributed by atoms with Crippen LogP contribution in [0.25, 0.3) is 0 Å². The third-order valence-corrected chi connectivity index (χ3v) is 5.46. The number of ether oxygens (including phenoxy) is 1. The van der Waals surface area contributed by atoms with Crippen LogP contribution in [0.3, 0.4) is 0 Å². The van der Waals surface area contributed by atoms with Crippen LogP contribution in [-0.2, 0) is 32.3 Å². The van der Waals surface area contributed by atoms with Gasteiger partial charge in [-0.1, -0.05) is 30.3 Å². The number of nitrogens with one attached hydrogen (secondary N) is 1. The highest BCUT2D eigenvalue weighted by Gasteiger charge is 2.32. The van der Waals surface area contributed by atoms with Crippen LogP contribution in [0.15, 0.2) is 48.5 Å². The van der Waals surface area contributed by atoms with Gasteiger partial charge in [0.05, 0.1) is 11.3 Å². The van der Waals surface area contributed by atoms with Gasteiger partial charge in [0.1, 0.15) is 11.4 Å². The monoisotopic (exact) mass is 405 g/mol. The van der Waals surface area contributed by atoms with E-state index in [4.69, 9.17) is 4.74 Å². The lowest BCUT2D eigenvalue weighted by Gasteiger charge is -2.29. The number of hydrogen-bond donors (Lipinski definition) is 1. The number of benzene rings is 2. The van der Waals surface area contributed by atoms with E-state index < -0.39 is 38.9 Å². The fourth-order valence-electron chi connectivity index (χ4n) is 2.48. The van der Waals surface area contributed by atoms with Gasteiger partial charge >= 0.3 is 6.18 Å². The van der Waals surface area contributed by atoms with Crippen LogP contribution in [0.2, 0.25) is 0 Å². The first-order valence-corrected chi connectivity index (χ1v) is 9.56. The Morgan fingerprint density at radius 1 is 1.04 bits per heavy atom. The molecular weight excluding hydrogens is 386 g/mol. The van der Waals surface area contributed by atoms with E-state index in [-0.39, 0.29) is 17.7 Å². The van der Waals surface area contributed by atoms with Crippen molar-refractivity contribution < 1.29 is 30.7 Å². The molecule has 0 amide bonds. The Labute approximate surface area is 155 Å². The standard InChI is InChI=1S/C18H19F4NO3S/c1-17(26-2,15-5-3-4-6-16(15)19)12-23-27(24,25)11-13-7-9-14(10-8-13)18(20,21)22/h3-10,23H,11-12H2,1-2H3/t17-/m0/s1. The number of halogens is 4. The lowest BCUT2D eigenvalue weighted by Crippen LogP contribution is -2.41. The summed E-state index contributed by atoms with van der Waals surface area (Å²) in [5.41, 5.74) is -1.73. The predicted octanol–water partition coefficient (Wildman–Crippen LogP) is 3.83. The van der Waals surface area contributed by atoms with E-state index in [0.717, 1.165) is 24.3 Å². The third kappa shape index (κ3) is 5.50. The van der Waals surface area contributed by atoms with Gasteiger partial charge in [0.25, 0.3) is 0 Å². The highest BCUT2D eigenvalue weighted by atomic mass is 32.2. The minimum atomic E-state index is -4.49. The first kappa shape index (κ1) is 21.3. The molecule has 0 heterocycles. The minimum Gasteiger partial charge on any atom is -0.372 e. The maximum atomic E-state index is 14.0. The summed E-state index contributed by atoms with van der Waals surface area (Å²) >= 11 is 0. The Morgan fingerprint density at radius 2 is 1.63 bits per heavy atom. The van der Waals surface area contributed by atoms with E-state index in [1.807, 2.05) is 0 Å². The van der Waals surface area contributed by atoms with Crippen molar-refractivity contribution in [2.24, 2.45) is 0 Å². The molecule has 2 aromatic carbocycles. The van der Waals surface area contributed by atoms with E-state index in [1.165, 1.54) is 32.2 Å². The second kappa shape index (κ2) is 7.95. The first-order valence-electron chi connectivity index (χ1n) is 7.90. The van der Waals surface area contributed by atoms with Crippen LogP contribution >= 0.6 is 0 Å². The Kier molecular flexibility index (Phi) is 6.28. The highest BCUT2D eigenvalue weighted by Crippen LogP contribution is 2.29. The van der Waals surface area contributed by atoms with Crippen LogP contribution in [-0.4, -0.2) is 22.1 Å². The van der Waals surface area contributed by atoms with Crippen molar-refractivity contribution in [1.29, 1.82) is 0 Å². The molecule has 0 aliphatic heterocycles. The fourth-order valence-corrected chi connectivity index (χ4v) is 3.70. The van der Waals surface area contributed by atoms with Crippen molar-refractivity contribution in [2.45, 2.75) is 24.5 Å². The molecule has 1 N–H and O–H groups in total. The lowest BCUT2D eigenvalue weighted by atomic mass is 9.95. The average Bonchev–Trinajstić information content (AvgIpc) is 2.59. The van der Waals surface area contributed by atoms with Crippen LogP contribution in [0, 0.1) is 5.82 Å². The summed E-state index contributed by atoms with van der Waals surface area (Å²) in [6, 6.07) is 9.69. The zero-order valence-electron chi connectivity index (χ0n) is 14.7. The Hall–Kier alpha value is -1.97. The Balaban J connectivity index is 2.10. The molecular formula is C18H19F4NO3S. The molecule has 0 unspecified atom stereocenters. The largest absolute Gasteiger partial charge is 0.416 e. The Bertz CT molecular complexity index is 882. The van der Waals surface area contributed by atoms with Crippen molar-refractivity contribution in [3.8, 4) is 0 Å². The number of rotatable bonds is 7. The molecule has 9 heteroatoms. The smallest absolute Gasteiger partial charge is 0.372 e. The maximum Gasteiger partial charge on any atom is 0.416 e. The number of sulfonamides is 1. The molecule has 0 saturated heterocycles. The summed E-state index contributed by atoms with van der Waals surface area (Å²) in [6.07, 6.45) is -4.49. The van der Waals surface area contributed by atoms with Gasteiger partial charge in [0, 0.05) is 19.2 Å². The molecule has 0 aromatic heterocycles. The van der Waals surface area contributed by atoms with Crippen molar-refractivity contribution in [3.63, 3.8) is 0 Å². The topological polar surface area (TPSA) is 55.4 Å². The summed E-state index contributed by atoms with van der Waals surface area (Å²) in [7, 11) is -2.55. The zero-order valence-corrected chi connectivity index (χ0v) is 15.5. The van der Waals surface area contributed by atoms with Crippen LogP contribution in [0.5, 0.6) is 0 Å². The number of methoxy groups -OCH3 is 1. The molecule has 27 heavy (non-hydrogen) atoms. The molecule has 0 aliphatic carbocycles. The summed E-state index contributed by atoms with van der Waals surface area (Å²) in [6.45, 7) is 1.29. The van der Waals surface area contributed by atoms with Gasteiger partial charge in [0.2, 0.25) is 10.0 Å². The van der Waals surface area contributed by atoms with Gasteiger partial charge in [-0.05, 0) is 30.7 Å². The lowest BCUT2D eigenvalue weighted by molar-refractivity contribution is -0.137. The molecule has 4 nitrogen and oxygen atoms in total. The second-order valence-electron chi connectivity index (χ2n) is 6.19. The summed E-state index contributed by atoms with van der Waals surface area (Å²) in [5.74, 6) is -1.05. The van der Waals surface area contributed by atoms with Crippen molar-refractivity contribution in [1.82, 2.24) is 4.72 Å². The fraction of sp³-hybridized carbons (Fsp3) is 0.333. The van der Waals surface area contributed by atoms with E-state index >= 15 is 0 Å². The molecule has 0 aliphatic rings. The zero-order chi connectivity index (χ0) is 20.3. The predicted molar refractivity (Wildman–Crippen MR) is 92.8 cm³/mol. The van der Waals surface area contributed by atoms with Crippen LogP contribution < -0.4 is 4.72 Å². The maximum absolute atomic E-state index is 14.0. The molecule has 0 bridgehead atoms. The molecule has 2 aromatic rings. The molecule has 1 atom stereocenters. The van der Waals surface area contributed by atoms with Gasteiger partial charge < -0.3 is 4.74 Å². The van der Waals surface area contributed by atoms with Crippen LogP contribution in [0.1, 0.15) is 23.6 Å². The van der Waals surface area contributed by atoms with Gasteiger partial charge in [0.15, 0.2) is 0 Å². The van der Waals surface area contributed by atoms with Gasteiger partial charge in [-0.15, -0.1) is 0 Å². The van der Waals surface area contributed by atoms with Gasteiger partial charge in [-0.2, -0.15) is 13.2 Å². The molecule has 0 radical (unpaired) electrons. The summed E-state index contributed by atoms with van der Waals surface area (Å²) < 4.78 is 83.9. The van der Waals surface area contributed by atoms with Crippen molar-refractivity contribution in [2.75, 3.05) is 13.7 Å². The van der Waals surface area contributed by atoms with Crippen molar-refractivity contribution in [3.05, 3.63) is 71.0 Å². The molecule has 148 valence electrons. The van der Waals surface area contributed by atoms with Gasteiger partial charge in [-0.3, -0.25) is 0 Å². The van der Waals surface area contributed by atoms with E-state index in [2.05, 4.69) is 4.72 Å².